The Hall–Kier alpha value is -2.90. The minimum atomic E-state index is 0.00523. The highest BCUT2D eigenvalue weighted by molar-refractivity contribution is 5.92. The van der Waals surface area contributed by atoms with Crippen LogP contribution in [-0.2, 0) is 0 Å². The molecule has 3 aromatic rings. The van der Waals surface area contributed by atoms with Crippen LogP contribution < -0.4 is 15.4 Å². The topological polar surface area (TPSA) is 106 Å². The van der Waals surface area contributed by atoms with Gasteiger partial charge in [0.05, 0.1) is 12.6 Å². The first kappa shape index (κ1) is 16.9. The van der Waals surface area contributed by atoms with Gasteiger partial charge >= 0.3 is 0 Å². The Balaban J connectivity index is 0.000000880. The third kappa shape index (κ3) is 2.95. The lowest BCUT2D eigenvalue weighted by Gasteiger charge is -2.30. The molecule has 3 N–H and O–H groups in total. The molecule has 0 radical (unpaired) electrons. The minimum Gasteiger partial charge on any atom is -0.474 e. The molecule has 0 aliphatic carbocycles. The fourth-order valence-corrected chi connectivity index (χ4v) is 2.98. The summed E-state index contributed by atoms with van der Waals surface area (Å²) in [4.78, 5) is 15.4. The number of nitrogens with one attached hydrogen (secondary N) is 1. The first-order valence-corrected chi connectivity index (χ1v) is 8.47. The molecule has 0 fully saturated rings. The highest BCUT2D eigenvalue weighted by atomic mass is 16.5. The van der Waals surface area contributed by atoms with E-state index in [1.54, 1.807) is 6.20 Å². The van der Waals surface area contributed by atoms with Crippen LogP contribution in [0.3, 0.4) is 0 Å². The van der Waals surface area contributed by atoms with Gasteiger partial charge in [-0.05, 0) is 19.9 Å². The van der Waals surface area contributed by atoms with Crippen molar-refractivity contribution < 1.29 is 4.74 Å². The molecule has 8 nitrogen and oxygen atoms in total. The number of aryl methyl sites for hydroxylation is 1. The quantitative estimate of drug-likeness (QED) is 0.738. The molecule has 0 spiro atoms. The van der Waals surface area contributed by atoms with E-state index in [0.29, 0.717) is 36.3 Å². The van der Waals surface area contributed by atoms with Gasteiger partial charge in [-0.3, -0.25) is 5.10 Å². The Bertz CT molecular complexity index is 877. The number of H-pyrrole nitrogens is 1. The van der Waals surface area contributed by atoms with Gasteiger partial charge in [-0.25, -0.2) is 15.0 Å². The average molecular weight is 341 g/mol. The normalized spacial score (nSPS) is 14.3. The molecule has 0 saturated carbocycles. The number of nitrogens with zero attached hydrogens (tertiary/aromatic N) is 5. The van der Waals surface area contributed by atoms with E-state index in [0.717, 1.165) is 16.8 Å². The fraction of sp³-hybridized carbons (Fsp3) is 0.412. The number of nitrogen functional groups attached to an aromatic ring is 1. The molecule has 0 aromatic carbocycles. The van der Waals surface area contributed by atoms with Gasteiger partial charge in [0.25, 0.3) is 0 Å². The number of anilines is 2. The second-order valence-corrected chi connectivity index (χ2v) is 5.54. The van der Waals surface area contributed by atoms with E-state index >= 15 is 0 Å². The van der Waals surface area contributed by atoms with Crippen molar-refractivity contribution in [1.29, 1.82) is 0 Å². The lowest BCUT2D eigenvalue weighted by molar-refractivity contribution is 0.315. The number of aromatic nitrogens is 5. The summed E-state index contributed by atoms with van der Waals surface area (Å²) in [7, 11) is 0. The maximum Gasteiger partial charge on any atom is 0.246 e. The maximum absolute atomic E-state index is 6.05. The van der Waals surface area contributed by atoms with Crippen molar-refractivity contribution in [3.8, 4) is 5.88 Å². The largest absolute Gasteiger partial charge is 0.474 e. The van der Waals surface area contributed by atoms with Crippen LogP contribution in [0.15, 0.2) is 18.3 Å². The summed E-state index contributed by atoms with van der Waals surface area (Å²) < 4.78 is 5.74. The summed E-state index contributed by atoms with van der Waals surface area (Å²) in [5, 5.41) is 7.91. The van der Waals surface area contributed by atoms with Gasteiger partial charge in [0.2, 0.25) is 5.88 Å². The van der Waals surface area contributed by atoms with Crippen molar-refractivity contribution in [1.82, 2.24) is 25.1 Å². The van der Waals surface area contributed by atoms with E-state index in [2.05, 4.69) is 37.0 Å². The SMILES string of the molecule is CC.Cc1nc2c3c(n[nH]c3n1)OCCN2C(C)c1cccnc1N. The number of rotatable bonds is 2. The van der Waals surface area contributed by atoms with Crippen LogP contribution in [0.5, 0.6) is 5.88 Å². The Morgan fingerprint density at radius 3 is 2.88 bits per heavy atom. The summed E-state index contributed by atoms with van der Waals surface area (Å²) in [5.41, 5.74) is 7.69. The van der Waals surface area contributed by atoms with Gasteiger partial charge in [0.15, 0.2) is 5.65 Å². The van der Waals surface area contributed by atoms with Crippen LogP contribution in [0.4, 0.5) is 11.6 Å². The molecule has 1 aliphatic heterocycles. The van der Waals surface area contributed by atoms with E-state index in [4.69, 9.17) is 10.5 Å². The van der Waals surface area contributed by atoms with Crippen molar-refractivity contribution in [3.63, 3.8) is 0 Å². The summed E-state index contributed by atoms with van der Waals surface area (Å²) in [5.74, 6) is 2.56. The van der Waals surface area contributed by atoms with Crippen molar-refractivity contribution in [2.75, 3.05) is 23.8 Å². The minimum absolute atomic E-state index is 0.00523. The number of aromatic amines is 1. The van der Waals surface area contributed by atoms with Gasteiger partial charge < -0.3 is 15.4 Å². The molecule has 8 heteroatoms. The molecule has 1 unspecified atom stereocenters. The molecule has 3 aromatic heterocycles. The van der Waals surface area contributed by atoms with Crippen molar-refractivity contribution in [2.45, 2.75) is 33.7 Å². The van der Waals surface area contributed by atoms with Crippen LogP contribution in [0.1, 0.15) is 38.2 Å². The average Bonchev–Trinajstić information content (AvgIpc) is 2.93. The number of ether oxygens (including phenoxy) is 1. The molecule has 0 bridgehead atoms. The van der Waals surface area contributed by atoms with Crippen molar-refractivity contribution in [3.05, 3.63) is 29.7 Å². The van der Waals surface area contributed by atoms with Gasteiger partial charge in [-0.1, -0.05) is 19.9 Å². The summed E-state index contributed by atoms with van der Waals surface area (Å²) in [6.07, 6.45) is 1.69. The van der Waals surface area contributed by atoms with Crippen LogP contribution >= 0.6 is 0 Å². The van der Waals surface area contributed by atoms with Crippen molar-refractivity contribution >= 4 is 22.7 Å². The molecule has 4 rings (SSSR count). The highest BCUT2D eigenvalue weighted by Gasteiger charge is 2.28. The van der Waals surface area contributed by atoms with Crippen LogP contribution in [0.25, 0.3) is 11.0 Å². The maximum atomic E-state index is 6.05. The molecule has 25 heavy (non-hydrogen) atoms. The zero-order chi connectivity index (χ0) is 18.0. The predicted molar refractivity (Wildman–Crippen MR) is 97.7 cm³/mol. The molecule has 132 valence electrons. The lowest BCUT2D eigenvalue weighted by Crippen LogP contribution is -2.31. The highest BCUT2D eigenvalue weighted by Crippen LogP contribution is 2.37. The molecule has 4 heterocycles. The smallest absolute Gasteiger partial charge is 0.246 e. The van der Waals surface area contributed by atoms with Gasteiger partial charge in [0.1, 0.15) is 29.5 Å². The van der Waals surface area contributed by atoms with Crippen LogP contribution in [0.2, 0.25) is 0 Å². The molecule has 0 amide bonds. The Morgan fingerprint density at radius 1 is 1.32 bits per heavy atom. The zero-order valence-electron chi connectivity index (χ0n) is 14.9. The third-order valence-electron chi connectivity index (χ3n) is 4.11. The second-order valence-electron chi connectivity index (χ2n) is 5.54. The first-order chi connectivity index (χ1) is 12.1. The Labute approximate surface area is 146 Å². The Kier molecular flexibility index (Phi) is 4.69. The van der Waals surface area contributed by atoms with E-state index in [9.17, 15) is 0 Å². The molecule has 0 saturated heterocycles. The summed E-state index contributed by atoms with van der Waals surface area (Å²) in [6, 6.07) is 3.88. The summed E-state index contributed by atoms with van der Waals surface area (Å²) in [6.45, 7) is 9.14. The zero-order valence-corrected chi connectivity index (χ0v) is 14.9. The van der Waals surface area contributed by atoms with Crippen molar-refractivity contribution in [2.24, 2.45) is 0 Å². The number of hydrogen-bond acceptors (Lipinski definition) is 7. The Morgan fingerprint density at radius 2 is 2.12 bits per heavy atom. The molecular formula is C17H23N7O. The number of pyridine rings is 1. The molecule has 1 atom stereocenters. The van der Waals surface area contributed by atoms with E-state index in [-0.39, 0.29) is 6.04 Å². The third-order valence-corrected chi connectivity index (χ3v) is 4.11. The van der Waals surface area contributed by atoms with Crippen LogP contribution in [-0.4, -0.2) is 38.3 Å². The monoisotopic (exact) mass is 341 g/mol. The van der Waals surface area contributed by atoms with E-state index < -0.39 is 0 Å². The number of hydrogen-bond donors (Lipinski definition) is 2. The van der Waals surface area contributed by atoms with Gasteiger partial charge in [-0.2, -0.15) is 0 Å². The molecule has 1 aliphatic rings. The molecular weight excluding hydrogens is 318 g/mol. The van der Waals surface area contributed by atoms with E-state index in [1.165, 1.54) is 0 Å². The fourth-order valence-electron chi connectivity index (χ4n) is 2.98. The first-order valence-electron chi connectivity index (χ1n) is 8.47. The second kappa shape index (κ2) is 6.92. The van der Waals surface area contributed by atoms with Crippen LogP contribution in [0, 0.1) is 6.92 Å². The standard InChI is InChI=1S/C15H17N7O.C2H6/c1-8(10-4-3-5-17-12(10)16)22-6-7-23-15-11-13(20-21-15)18-9(2)19-14(11)22;1-2/h3-5,8H,6-7H2,1-2H3,(H2,16,17)(H,18,19,20,21);1-2H3. The number of nitrogens with two attached hydrogens (primary N) is 1. The lowest BCUT2D eigenvalue weighted by atomic mass is 10.1. The predicted octanol–water partition coefficient (Wildman–Crippen LogP) is 2.62. The summed E-state index contributed by atoms with van der Waals surface area (Å²) >= 11 is 0. The van der Waals surface area contributed by atoms with Gasteiger partial charge in [0, 0.05) is 11.8 Å². The van der Waals surface area contributed by atoms with E-state index in [1.807, 2.05) is 32.9 Å². The van der Waals surface area contributed by atoms with Gasteiger partial charge in [-0.15, -0.1) is 5.10 Å².